The first kappa shape index (κ1) is 24.4. The van der Waals surface area contributed by atoms with Gasteiger partial charge in [0.15, 0.2) is 6.04 Å². The number of benzene rings is 3. The molecule has 0 bridgehead atoms. The third-order valence-electron chi connectivity index (χ3n) is 5.41. The lowest BCUT2D eigenvalue weighted by molar-refractivity contribution is -0.142. The molecular weight excluding hydrogens is 438 g/mol. The first-order chi connectivity index (χ1) is 16.4. The van der Waals surface area contributed by atoms with Crippen LogP contribution in [0.15, 0.2) is 66.7 Å². The molecule has 3 aromatic carbocycles. The summed E-state index contributed by atoms with van der Waals surface area (Å²) in [6, 6.07) is 17.1. The number of hydrogen-bond donors (Lipinski definition) is 1. The minimum absolute atomic E-state index is 0.0347. The van der Waals surface area contributed by atoms with E-state index in [9.17, 15) is 14.7 Å². The van der Waals surface area contributed by atoms with E-state index in [0.717, 1.165) is 0 Å². The SMILES string of the molecule is COc1ccc(C(=O)N(Cc2ccc(OC)cc2OC)C(C(=O)O)c2ccccc2OC)cc1. The number of nitrogens with zero attached hydrogens (tertiary/aromatic N) is 1. The van der Waals surface area contributed by atoms with Crippen LogP contribution in [0.1, 0.15) is 27.5 Å². The van der Waals surface area contributed by atoms with Gasteiger partial charge in [0.1, 0.15) is 23.0 Å². The van der Waals surface area contributed by atoms with Gasteiger partial charge >= 0.3 is 5.97 Å². The molecular formula is C26H27NO7. The topological polar surface area (TPSA) is 94.5 Å². The lowest BCUT2D eigenvalue weighted by Crippen LogP contribution is -2.39. The maximum Gasteiger partial charge on any atom is 0.331 e. The van der Waals surface area contributed by atoms with Crippen LogP contribution in [0, 0.1) is 0 Å². The van der Waals surface area contributed by atoms with E-state index in [1.807, 2.05) is 0 Å². The van der Waals surface area contributed by atoms with Crippen molar-refractivity contribution in [2.24, 2.45) is 0 Å². The smallest absolute Gasteiger partial charge is 0.331 e. The van der Waals surface area contributed by atoms with Crippen molar-refractivity contribution >= 4 is 11.9 Å². The molecule has 0 aromatic heterocycles. The average molecular weight is 466 g/mol. The summed E-state index contributed by atoms with van der Waals surface area (Å²) in [5.41, 5.74) is 1.28. The molecule has 0 spiro atoms. The zero-order valence-corrected chi connectivity index (χ0v) is 19.5. The fourth-order valence-electron chi connectivity index (χ4n) is 3.67. The Morgan fingerprint density at radius 3 is 2.00 bits per heavy atom. The molecule has 0 saturated heterocycles. The van der Waals surface area contributed by atoms with Gasteiger partial charge in [-0.2, -0.15) is 0 Å². The van der Waals surface area contributed by atoms with Crippen LogP contribution in [0.4, 0.5) is 0 Å². The standard InChI is InChI=1S/C26H27NO7/c1-31-19-12-9-17(10-13-19)25(28)27(16-18-11-14-20(32-2)15-23(18)34-4)24(26(29)30)21-7-5-6-8-22(21)33-3/h5-15,24H,16H2,1-4H3,(H,29,30). The van der Waals surface area contributed by atoms with Crippen LogP contribution >= 0.6 is 0 Å². The van der Waals surface area contributed by atoms with Crippen LogP contribution in [-0.4, -0.2) is 50.3 Å². The van der Waals surface area contributed by atoms with Gasteiger partial charge < -0.3 is 29.0 Å². The molecule has 3 rings (SSSR count). The third-order valence-corrected chi connectivity index (χ3v) is 5.41. The van der Waals surface area contributed by atoms with E-state index >= 15 is 0 Å². The van der Waals surface area contributed by atoms with Crippen molar-refractivity contribution in [1.82, 2.24) is 4.90 Å². The lowest BCUT2D eigenvalue weighted by Gasteiger charge is -2.31. The summed E-state index contributed by atoms with van der Waals surface area (Å²) >= 11 is 0. The molecule has 0 aliphatic rings. The van der Waals surface area contributed by atoms with E-state index in [-0.39, 0.29) is 6.54 Å². The molecule has 0 aliphatic heterocycles. The summed E-state index contributed by atoms with van der Waals surface area (Å²) in [5, 5.41) is 10.3. The first-order valence-corrected chi connectivity index (χ1v) is 10.4. The van der Waals surface area contributed by atoms with Crippen molar-refractivity contribution in [3.05, 3.63) is 83.4 Å². The summed E-state index contributed by atoms with van der Waals surface area (Å²) in [6.45, 7) is -0.0347. The second-order valence-electron chi connectivity index (χ2n) is 7.32. The van der Waals surface area contributed by atoms with Crippen LogP contribution in [0.3, 0.4) is 0 Å². The Morgan fingerprint density at radius 2 is 1.41 bits per heavy atom. The molecule has 0 saturated carbocycles. The molecule has 0 fully saturated rings. The Kier molecular flexibility index (Phi) is 7.97. The zero-order valence-electron chi connectivity index (χ0n) is 19.5. The summed E-state index contributed by atoms with van der Waals surface area (Å²) in [5.74, 6) is 0.324. The minimum atomic E-state index is -1.32. The van der Waals surface area contributed by atoms with Crippen molar-refractivity contribution < 1.29 is 33.6 Å². The maximum absolute atomic E-state index is 13.7. The van der Waals surface area contributed by atoms with E-state index in [1.54, 1.807) is 66.7 Å². The molecule has 8 nitrogen and oxygen atoms in total. The third kappa shape index (κ3) is 5.23. The Labute approximate surface area is 198 Å². The number of carbonyl (C=O) groups excluding carboxylic acids is 1. The number of hydrogen-bond acceptors (Lipinski definition) is 6. The molecule has 1 unspecified atom stereocenters. The Hall–Kier alpha value is -4.20. The monoisotopic (exact) mass is 465 g/mol. The summed E-state index contributed by atoms with van der Waals surface area (Å²) < 4.78 is 21.3. The number of amides is 1. The predicted octanol–water partition coefficient (Wildman–Crippen LogP) is 4.19. The number of rotatable bonds is 10. The largest absolute Gasteiger partial charge is 0.497 e. The summed E-state index contributed by atoms with van der Waals surface area (Å²) in [6.07, 6.45) is 0. The van der Waals surface area contributed by atoms with Crippen molar-refractivity contribution in [3.8, 4) is 23.0 Å². The highest BCUT2D eigenvalue weighted by molar-refractivity contribution is 5.97. The molecule has 8 heteroatoms. The molecule has 178 valence electrons. The fraction of sp³-hybridized carbons (Fsp3) is 0.231. The molecule has 34 heavy (non-hydrogen) atoms. The van der Waals surface area contributed by atoms with E-state index in [4.69, 9.17) is 18.9 Å². The summed E-state index contributed by atoms with van der Waals surface area (Å²) in [4.78, 5) is 27.6. The number of carboxylic acids is 1. The number of aliphatic carboxylic acids is 1. The van der Waals surface area contributed by atoms with Crippen LogP contribution in [0.5, 0.6) is 23.0 Å². The van der Waals surface area contributed by atoms with Crippen LogP contribution in [0.25, 0.3) is 0 Å². The molecule has 0 aliphatic carbocycles. The van der Waals surface area contributed by atoms with Crippen LogP contribution in [0.2, 0.25) is 0 Å². The van der Waals surface area contributed by atoms with Crippen molar-refractivity contribution in [3.63, 3.8) is 0 Å². The fourth-order valence-corrected chi connectivity index (χ4v) is 3.67. The Bertz CT molecular complexity index is 1140. The zero-order chi connectivity index (χ0) is 24.7. The first-order valence-electron chi connectivity index (χ1n) is 10.4. The highest BCUT2D eigenvalue weighted by atomic mass is 16.5. The van der Waals surface area contributed by atoms with Crippen LogP contribution in [-0.2, 0) is 11.3 Å². The van der Waals surface area contributed by atoms with E-state index in [2.05, 4.69) is 0 Å². The highest BCUT2D eigenvalue weighted by Gasteiger charge is 2.34. The average Bonchev–Trinajstić information content (AvgIpc) is 2.88. The Morgan fingerprint density at radius 1 is 0.794 bits per heavy atom. The number of para-hydroxylation sites is 1. The number of ether oxygens (including phenoxy) is 4. The van der Waals surface area contributed by atoms with Crippen molar-refractivity contribution in [2.45, 2.75) is 12.6 Å². The number of carboxylic acid groups (broad SMARTS) is 1. The van der Waals surface area contributed by atoms with Gasteiger partial charge in [-0.15, -0.1) is 0 Å². The maximum atomic E-state index is 13.7. The molecule has 1 amide bonds. The summed E-state index contributed by atoms with van der Waals surface area (Å²) in [7, 11) is 6.03. The lowest BCUT2D eigenvalue weighted by atomic mass is 10.0. The van der Waals surface area contributed by atoms with E-state index in [1.165, 1.54) is 33.3 Å². The van der Waals surface area contributed by atoms with Gasteiger partial charge in [0.25, 0.3) is 5.91 Å². The van der Waals surface area contributed by atoms with Gasteiger partial charge in [0.05, 0.1) is 35.0 Å². The van der Waals surface area contributed by atoms with Gasteiger partial charge in [-0.3, -0.25) is 4.79 Å². The van der Waals surface area contributed by atoms with E-state index in [0.29, 0.717) is 39.7 Å². The van der Waals surface area contributed by atoms with Crippen molar-refractivity contribution in [2.75, 3.05) is 28.4 Å². The Balaban J connectivity index is 2.13. The predicted molar refractivity (Wildman–Crippen MR) is 126 cm³/mol. The van der Waals surface area contributed by atoms with Gasteiger partial charge in [-0.05, 0) is 42.5 Å². The molecule has 0 radical (unpaired) electrons. The minimum Gasteiger partial charge on any atom is -0.497 e. The molecule has 1 N–H and O–H groups in total. The van der Waals surface area contributed by atoms with Gasteiger partial charge in [-0.25, -0.2) is 4.79 Å². The molecule has 3 aromatic rings. The highest BCUT2D eigenvalue weighted by Crippen LogP contribution is 2.34. The second-order valence-corrected chi connectivity index (χ2v) is 7.32. The van der Waals surface area contributed by atoms with Crippen LogP contribution < -0.4 is 18.9 Å². The normalized spacial score (nSPS) is 11.3. The number of carbonyl (C=O) groups is 2. The van der Waals surface area contributed by atoms with E-state index < -0.39 is 17.9 Å². The van der Waals surface area contributed by atoms with Gasteiger partial charge in [-0.1, -0.05) is 18.2 Å². The quantitative estimate of drug-likeness (QED) is 0.480. The van der Waals surface area contributed by atoms with Gasteiger partial charge in [0, 0.05) is 22.8 Å². The van der Waals surface area contributed by atoms with Crippen molar-refractivity contribution in [1.29, 1.82) is 0 Å². The number of methoxy groups -OCH3 is 4. The molecule has 0 heterocycles. The second kappa shape index (κ2) is 11.1. The van der Waals surface area contributed by atoms with Gasteiger partial charge in [0.2, 0.25) is 0 Å². The molecule has 1 atom stereocenters.